The van der Waals surface area contributed by atoms with Crippen LogP contribution in [0, 0.1) is 0 Å². The molecule has 4 heteroatoms. The number of anilines is 1. The Morgan fingerprint density at radius 2 is 1.86 bits per heavy atom. The SMILES string of the molecule is COc1ccc(C[C@H]2NC(=O)c3ccccc3N2C)cc1. The van der Waals surface area contributed by atoms with Crippen molar-refractivity contribution in [3.63, 3.8) is 0 Å². The van der Waals surface area contributed by atoms with E-state index < -0.39 is 0 Å². The molecule has 0 saturated carbocycles. The number of likely N-dealkylation sites (N-methyl/N-ethyl adjacent to an activating group) is 1. The molecule has 1 amide bonds. The molecule has 0 saturated heterocycles. The highest BCUT2D eigenvalue weighted by atomic mass is 16.5. The third-order valence-corrected chi connectivity index (χ3v) is 3.88. The predicted octanol–water partition coefficient (Wildman–Crippen LogP) is 2.44. The van der Waals surface area contributed by atoms with Gasteiger partial charge in [0.1, 0.15) is 11.9 Å². The number of benzene rings is 2. The average Bonchev–Trinajstić information content (AvgIpc) is 2.53. The summed E-state index contributed by atoms with van der Waals surface area (Å²) in [6.45, 7) is 0. The highest BCUT2D eigenvalue weighted by Crippen LogP contribution is 2.26. The molecule has 21 heavy (non-hydrogen) atoms. The van der Waals surface area contributed by atoms with Gasteiger partial charge in [0.15, 0.2) is 0 Å². The van der Waals surface area contributed by atoms with Crippen LogP contribution in [0.25, 0.3) is 0 Å². The van der Waals surface area contributed by atoms with Crippen LogP contribution in [0.2, 0.25) is 0 Å². The smallest absolute Gasteiger partial charge is 0.254 e. The molecule has 108 valence electrons. The molecule has 3 rings (SSSR count). The Morgan fingerprint density at radius 1 is 1.14 bits per heavy atom. The number of fused-ring (bicyclic) bond motifs is 1. The third kappa shape index (κ3) is 2.57. The first-order chi connectivity index (χ1) is 10.2. The van der Waals surface area contributed by atoms with Crippen LogP contribution >= 0.6 is 0 Å². The van der Waals surface area contributed by atoms with E-state index in [0.29, 0.717) is 0 Å². The first-order valence-corrected chi connectivity index (χ1v) is 6.94. The topological polar surface area (TPSA) is 41.6 Å². The van der Waals surface area contributed by atoms with Gasteiger partial charge in [-0.1, -0.05) is 24.3 Å². The van der Waals surface area contributed by atoms with Crippen LogP contribution in [0.15, 0.2) is 48.5 Å². The minimum atomic E-state index is -0.0409. The van der Waals surface area contributed by atoms with Crippen molar-refractivity contribution in [3.05, 3.63) is 59.7 Å². The Kier molecular flexibility index (Phi) is 3.52. The van der Waals surface area contributed by atoms with Gasteiger partial charge < -0.3 is 15.0 Å². The monoisotopic (exact) mass is 282 g/mol. The molecule has 4 nitrogen and oxygen atoms in total. The Bertz CT molecular complexity index is 652. The molecular weight excluding hydrogens is 264 g/mol. The van der Waals surface area contributed by atoms with Crippen LogP contribution in [0.1, 0.15) is 15.9 Å². The molecule has 0 radical (unpaired) electrons. The lowest BCUT2D eigenvalue weighted by atomic mass is 10.0. The summed E-state index contributed by atoms with van der Waals surface area (Å²) in [7, 11) is 3.66. The minimum Gasteiger partial charge on any atom is -0.497 e. The molecule has 2 aromatic rings. The molecule has 0 spiro atoms. The van der Waals surface area contributed by atoms with Crippen molar-refractivity contribution >= 4 is 11.6 Å². The number of amides is 1. The molecule has 0 aromatic heterocycles. The normalized spacial score (nSPS) is 17.1. The number of ether oxygens (including phenoxy) is 1. The zero-order chi connectivity index (χ0) is 14.8. The summed E-state index contributed by atoms with van der Waals surface area (Å²) in [5.41, 5.74) is 2.86. The Labute approximate surface area is 124 Å². The van der Waals surface area contributed by atoms with Crippen molar-refractivity contribution < 1.29 is 9.53 Å². The minimum absolute atomic E-state index is 0.0118. The van der Waals surface area contributed by atoms with E-state index >= 15 is 0 Å². The van der Waals surface area contributed by atoms with Crippen molar-refractivity contribution in [3.8, 4) is 5.75 Å². The molecule has 0 fully saturated rings. The van der Waals surface area contributed by atoms with Gasteiger partial charge in [0.2, 0.25) is 0 Å². The quantitative estimate of drug-likeness (QED) is 0.940. The number of nitrogens with one attached hydrogen (secondary N) is 1. The molecule has 1 N–H and O–H groups in total. The second-order valence-electron chi connectivity index (χ2n) is 5.17. The number of hydrogen-bond donors (Lipinski definition) is 1. The zero-order valence-electron chi connectivity index (χ0n) is 12.2. The Hall–Kier alpha value is -2.49. The van der Waals surface area contributed by atoms with Crippen molar-refractivity contribution in [2.75, 3.05) is 19.1 Å². The van der Waals surface area contributed by atoms with E-state index in [1.807, 2.05) is 55.6 Å². The molecule has 2 aromatic carbocycles. The number of carbonyl (C=O) groups is 1. The fraction of sp³-hybridized carbons (Fsp3) is 0.235. The summed E-state index contributed by atoms with van der Waals surface area (Å²) in [6.07, 6.45) is 0.710. The highest BCUT2D eigenvalue weighted by molar-refractivity contribution is 6.01. The van der Waals surface area contributed by atoms with Gasteiger partial charge in [-0.3, -0.25) is 4.79 Å². The first-order valence-electron chi connectivity index (χ1n) is 6.94. The summed E-state index contributed by atoms with van der Waals surface area (Å²) >= 11 is 0. The van der Waals surface area contributed by atoms with E-state index in [0.717, 1.165) is 29.0 Å². The van der Waals surface area contributed by atoms with Gasteiger partial charge in [-0.15, -0.1) is 0 Å². The fourth-order valence-corrected chi connectivity index (χ4v) is 2.64. The van der Waals surface area contributed by atoms with Gasteiger partial charge in [-0.25, -0.2) is 0 Å². The van der Waals surface area contributed by atoms with Crippen LogP contribution in [-0.2, 0) is 6.42 Å². The summed E-state index contributed by atoms with van der Waals surface area (Å²) in [5.74, 6) is 0.826. The lowest BCUT2D eigenvalue weighted by Crippen LogP contribution is -2.52. The summed E-state index contributed by atoms with van der Waals surface area (Å²) < 4.78 is 5.16. The van der Waals surface area contributed by atoms with Gasteiger partial charge in [0, 0.05) is 13.5 Å². The number of methoxy groups -OCH3 is 1. The fourth-order valence-electron chi connectivity index (χ4n) is 2.64. The lowest BCUT2D eigenvalue weighted by molar-refractivity contribution is 0.0928. The average molecular weight is 282 g/mol. The summed E-state index contributed by atoms with van der Waals surface area (Å²) in [4.78, 5) is 14.3. The molecule has 0 aliphatic carbocycles. The summed E-state index contributed by atoms with van der Waals surface area (Å²) in [5, 5.41) is 3.06. The predicted molar refractivity (Wildman–Crippen MR) is 82.8 cm³/mol. The molecule has 1 atom stereocenters. The Balaban J connectivity index is 1.82. The van der Waals surface area contributed by atoms with Gasteiger partial charge in [-0.2, -0.15) is 0 Å². The molecule has 1 heterocycles. The van der Waals surface area contributed by atoms with Crippen LogP contribution < -0.4 is 15.0 Å². The molecule has 0 unspecified atom stereocenters. The second kappa shape index (κ2) is 5.48. The number of nitrogens with zero attached hydrogens (tertiary/aromatic N) is 1. The van der Waals surface area contributed by atoms with E-state index in [2.05, 4.69) is 10.2 Å². The maximum atomic E-state index is 12.2. The largest absolute Gasteiger partial charge is 0.497 e. The van der Waals surface area contributed by atoms with Crippen molar-refractivity contribution in [1.82, 2.24) is 5.32 Å². The highest BCUT2D eigenvalue weighted by Gasteiger charge is 2.27. The van der Waals surface area contributed by atoms with E-state index in [-0.39, 0.29) is 12.1 Å². The van der Waals surface area contributed by atoms with Crippen molar-refractivity contribution in [1.29, 1.82) is 0 Å². The van der Waals surface area contributed by atoms with E-state index in [4.69, 9.17) is 4.74 Å². The summed E-state index contributed by atoms with van der Waals surface area (Å²) in [6, 6.07) is 15.6. The lowest BCUT2D eigenvalue weighted by Gasteiger charge is -2.36. The van der Waals surface area contributed by atoms with E-state index in [1.165, 1.54) is 0 Å². The molecule has 1 aliphatic rings. The van der Waals surface area contributed by atoms with Crippen molar-refractivity contribution in [2.24, 2.45) is 0 Å². The van der Waals surface area contributed by atoms with Gasteiger partial charge in [-0.05, 0) is 29.8 Å². The second-order valence-corrected chi connectivity index (χ2v) is 5.17. The van der Waals surface area contributed by atoms with Gasteiger partial charge in [0.05, 0.1) is 18.4 Å². The van der Waals surface area contributed by atoms with E-state index in [9.17, 15) is 4.79 Å². The number of hydrogen-bond acceptors (Lipinski definition) is 3. The van der Waals surface area contributed by atoms with Crippen LogP contribution in [0.3, 0.4) is 0 Å². The van der Waals surface area contributed by atoms with Crippen LogP contribution in [0.4, 0.5) is 5.69 Å². The van der Waals surface area contributed by atoms with E-state index in [1.54, 1.807) is 7.11 Å². The first kappa shape index (κ1) is 13.5. The maximum Gasteiger partial charge on any atom is 0.254 e. The van der Waals surface area contributed by atoms with Crippen molar-refractivity contribution in [2.45, 2.75) is 12.6 Å². The standard InChI is InChI=1S/C17H18N2O2/c1-19-15-6-4-3-5-14(15)17(20)18-16(19)11-12-7-9-13(21-2)10-8-12/h3-10,16H,11H2,1-2H3,(H,18,20)/t16-/m0/s1. The third-order valence-electron chi connectivity index (χ3n) is 3.88. The number of para-hydroxylation sites is 1. The zero-order valence-corrected chi connectivity index (χ0v) is 12.2. The Morgan fingerprint density at radius 3 is 2.57 bits per heavy atom. The van der Waals surface area contributed by atoms with Gasteiger partial charge >= 0.3 is 0 Å². The number of carbonyl (C=O) groups excluding carboxylic acids is 1. The molecule has 1 aliphatic heterocycles. The molecule has 0 bridgehead atoms. The van der Waals surface area contributed by atoms with Crippen LogP contribution in [0.5, 0.6) is 5.75 Å². The van der Waals surface area contributed by atoms with Gasteiger partial charge in [0.25, 0.3) is 5.91 Å². The number of rotatable bonds is 3. The maximum absolute atomic E-state index is 12.2. The van der Waals surface area contributed by atoms with Crippen LogP contribution in [-0.4, -0.2) is 26.2 Å². The molecular formula is C17H18N2O2.